The topological polar surface area (TPSA) is 55.4 Å². The largest absolute Gasteiger partial charge is 0.454 e. The fraction of sp³-hybridized carbons (Fsp3) is 0.556. The molecule has 1 saturated heterocycles. The molecule has 1 aliphatic carbocycles. The van der Waals surface area contributed by atoms with Gasteiger partial charge in [0.15, 0.2) is 0 Å². The molecule has 0 aromatic rings. The van der Waals surface area contributed by atoms with Crippen molar-refractivity contribution in [3.05, 3.63) is 35.5 Å². The van der Waals surface area contributed by atoms with E-state index >= 15 is 0 Å². The molecule has 0 bridgehead atoms. The first-order valence-electron chi connectivity index (χ1n) is 8.07. The zero-order chi connectivity index (χ0) is 16.1. The first-order chi connectivity index (χ1) is 10.5. The van der Waals surface area contributed by atoms with Crippen LogP contribution in [0.2, 0.25) is 0 Å². The van der Waals surface area contributed by atoms with Crippen molar-refractivity contribution in [2.24, 2.45) is 5.92 Å². The molecule has 0 aromatic heterocycles. The number of ether oxygens (including phenoxy) is 1. The molecule has 0 saturated carbocycles. The van der Waals surface area contributed by atoms with Crippen LogP contribution in [0.4, 0.5) is 0 Å². The highest BCUT2D eigenvalue weighted by Gasteiger charge is 2.37. The van der Waals surface area contributed by atoms with Crippen molar-refractivity contribution in [2.45, 2.75) is 52.1 Å². The highest BCUT2D eigenvalue weighted by Crippen LogP contribution is 2.34. The second-order valence-electron chi connectivity index (χ2n) is 6.08. The molecule has 0 aromatic carbocycles. The first kappa shape index (κ1) is 16.5. The smallest absolute Gasteiger partial charge is 0.334 e. The van der Waals surface area contributed by atoms with Crippen molar-refractivity contribution in [2.75, 3.05) is 6.54 Å². The van der Waals surface area contributed by atoms with E-state index in [-0.39, 0.29) is 23.9 Å². The Morgan fingerprint density at radius 3 is 2.95 bits per heavy atom. The molecule has 1 amide bonds. The van der Waals surface area contributed by atoms with Gasteiger partial charge in [-0.15, -0.1) is 0 Å². The molecule has 0 radical (unpaired) electrons. The van der Waals surface area contributed by atoms with Crippen LogP contribution < -0.4 is 5.32 Å². The lowest BCUT2D eigenvalue weighted by Gasteiger charge is -2.18. The fourth-order valence-corrected chi connectivity index (χ4v) is 2.93. The number of hydrogen-bond donors (Lipinski definition) is 1. The molecular weight excluding hydrogens is 278 g/mol. The Hall–Kier alpha value is -1.84. The number of fused-ring (bicyclic) bond motifs is 1. The van der Waals surface area contributed by atoms with E-state index in [0.29, 0.717) is 25.0 Å². The number of esters is 1. The molecule has 1 aliphatic heterocycles. The average molecular weight is 303 g/mol. The highest BCUT2D eigenvalue weighted by atomic mass is 16.5. The standard InChI is InChI=1S/C18H25NO3/c1-4-10-19-17(20)14-7-5-6-12(2)11-16-15(9-8-14)13(3)18(21)22-16/h7,11,15-16H,3-6,8-10H2,1-2H3,(H,19,20)/b12-11+,14-7+/t15-,16+/m1/s1. The zero-order valence-corrected chi connectivity index (χ0v) is 13.5. The van der Waals surface area contributed by atoms with E-state index in [1.54, 1.807) is 0 Å². The average Bonchev–Trinajstić information content (AvgIpc) is 2.75. The van der Waals surface area contributed by atoms with Crippen LogP contribution in [0.15, 0.2) is 35.5 Å². The SMILES string of the molecule is C=C1C(=O)O[C@H]2/C=C(\C)CC/C=C(/C(=O)NCCC)CC[C@H]12. The number of hydrogen-bond acceptors (Lipinski definition) is 3. The van der Waals surface area contributed by atoms with Gasteiger partial charge < -0.3 is 10.1 Å². The van der Waals surface area contributed by atoms with Crippen LogP contribution >= 0.6 is 0 Å². The van der Waals surface area contributed by atoms with Gasteiger partial charge in [-0.25, -0.2) is 4.79 Å². The Bertz CT molecular complexity index is 530. The van der Waals surface area contributed by atoms with Crippen LogP contribution in [-0.2, 0) is 14.3 Å². The molecule has 1 N–H and O–H groups in total. The van der Waals surface area contributed by atoms with Gasteiger partial charge in [-0.2, -0.15) is 0 Å². The van der Waals surface area contributed by atoms with E-state index in [2.05, 4.69) is 11.9 Å². The van der Waals surface area contributed by atoms with E-state index in [4.69, 9.17) is 4.74 Å². The summed E-state index contributed by atoms with van der Waals surface area (Å²) in [5.41, 5.74) is 2.53. The van der Waals surface area contributed by atoms with Crippen molar-refractivity contribution < 1.29 is 14.3 Å². The molecular formula is C18H25NO3. The number of amides is 1. The van der Waals surface area contributed by atoms with Gasteiger partial charge >= 0.3 is 5.97 Å². The summed E-state index contributed by atoms with van der Waals surface area (Å²) in [6, 6.07) is 0. The molecule has 1 heterocycles. The fourth-order valence-electron chi connectivity index (χ4n) is 2.93. The number of rotatable bonds is 3. The summed E-state index contributed by atoms with van der Waals surface area (Å²) in [5.74, 6) is -0.321. The van der Waals surface area contributed by atoms with Crippen molar-refractivity contribution in [3.63, 3.8) is 0 Å². The normalized spacial score (nSPS) is 30.5. The van der Waals surface area contributed by atoms with Gasteiger partial charge in [0, 0.05) is 23.6 Å². The Labute approximate surface area is 132 Å². The van der Waals surface area contributed by atoms with Gasteiger partial charge in [0.25, 0.3) is 0 Å². The molecule has 1 fully saturated rings. The van der Waals surface area contributed by atoms with E-state index in [0.717, 1.165) is 24.8 Å². The maximum atomic E-state index is 12.2. The molecule has 0 unspecified atom stereocenters. The van der Waals surface area contributed by atoms with E-state index in [1.165, 1.54) is 5.57 Å². The molecule has 2 atom stereocenters. The van der Waals surface area contributed by atoms with Gasteiger partial charge in [-0.3, -0.25) is 4.79 Å². The van der Waals surface area contributed by atoms with Crippen molar-refractivity contribution in [1.29, 1.82) is 0 Å². The summed E-state index contributed by atoms with van der Waals surface area (Å²) in [7, 11) is 0. The lowest BCUT2D eigenvalue weighted by Crippen LogP contribution is -2.26. The predicted octanol–water partition coefficient (Wildman–Crippen LogP) is 3.06. The zero-order valence-electron chi connectivity index (χ0n) is 13.5. The number of carbonyl (C=O) groups is 2. The van der Waals surface area contributed by atoms with Crippen LogP contribution in [0.25, 0.3) is 0 Å². The van der Waals surface area contributed by atoms with Crippen molar-refractivity contribution in [1.82, 2.24) is 5.32 Å². The van der Waals surface area contributed by atoms with Gasteiger partial charge in [-0.05, 0) is 45.1 Å². The third-order valence-electron chi connectivity index (χ3n) is 4.28. The van der Waals surface area contributed by atoms with Crippen molar-refractivity contribution >= 4 is 11.9 Å². The minimum atomic E-state index is -0.306. The molecule has 4 nitrogen and oxygen atoms in total. The second-order valence-corrected chi connectivity index (χ2v) is 6.08. The lowest BCUT2D eigenvalue weighted by molar-refractivity contribution is -0.137. The van der Waals surface area contributed by atoms with Crippen LogP contribution in [0.1, 0.15) is 46.0 Å². The minimum Gasteiger partial charge on any atom is -0.454 e. The number of nitrogens with one attached hydrogen (secondary N) is 1. The van der Waals surface area contributed by atoms with Crippen LogP contribution in [0, 0.1) is 5.92 Å². The Morgan fingerprint density at radius 2 is 2.23 bits per heavy atom. The highest BCUT2D eigenvalue weighted by molar-refractivity contribution is 5.93. The summed E-state index contributed by atoms with van der Waals surface area (Å²) < 4.78 is 5.41. The summed E-state index contributed by atoms with van der Waals surface area (Å²) in [6.07, 6.45) is 7.84. The molecule has 22 heavy (non-hydrogen) atoms. The van der Waals surface area contributed by atoms with Crippen LogP contribution in [0.3, 0.4) is 0 Å². The first-order valence-corrected chi connectivity index (χ1v) is 8.07. The molecule has 0 spiro atoms. The number of carbonyl (C=O) groups excluding carboxylic acids is 2. The molecule has 2 rings (SSSR count). The predicted molar refractivity (Wildman–Crippen MR) is 86.1 cm³/mol. The Balaban J connectivity index is 2.15. The molecule has 4 heteroatoms. The van der Waals surface area contributed by atoms with Gasteiger partial charge in [0.2, 0.25) is 5.91 Å². The lowest BCUT2D eigenvalue weighted by atomic mass is 9.87. The van der Waals surface area contributed by atoms with Crippen molar-refractivity contribution in [3.8, 4) is 0 Å². The summed E-state index contributed by atoms with van der Waals surface area (Å²) in [4.78, 5) is 24.0. The van der Waals surface area contributed by atoms with E-state index < -0.39 is 0 Å². The quantitative estimate of drug-likeness (QED) is 0.495. The summed E-state index contributed by atoms with van der Waals surface area (Å²) >= 11 is 0. The summed E-state index contributed by atoms with van der Waals surface area (Å²) in [5, 5.41) is 2.93. The van der Waals surface area contributed by atoms with E-state index in [9.17, 15) is 9.59 Å². The van der Waals surface area contributed by atoms with Gasteiger partial charge in [-0.1, -0.05) is 25.2 Å². The maximum absolute atomic E-state index is 12.2. The Morgan fingerprint density at radius 1 is 1.45 bits per heavy atom. The monoisotopic (exact) mass is 303 g/mol. The second kappa shape index (κ2) is 7.43. The van der Waals surface area contributed by atoms with Gasteiger partial charge in [0.05, 0.1) is 0 Å². The number of allylic oxidation sites excluding steroid dienone is 2. The third kappa shape index (κ3) is 3.87. The van der Waals surface area contributed by atoms with E-state index in [1.807, 2.05) is 26.0 Å². The minimum absolute atomic E-state index is 0.0106. The summed E-state index contributed by atoms with van der Waals surface area (Å²) in [6.45, 7) is 8.63. The van der Waals surface area contributed by atoms with Crippen LogP contribution in [-0.4, -0.2) is 24.5 Å². The van der Waals surface area contributed by atoms with Gasteiger partial charge in [0.1, 0.15) is 6.10 Å². The molecule has 120 valence electrons. The molecule has 2 aliphatic rings. The Kier molecular flexibility index (Phi) is 5.58. The van der Waals surface area contributed by atoms with Crippen LogP contribution in [0.5, 0.6) is 0 Å². The maximum Gasteiger partial charge on any atom is 0.334 e. The third-order valence-corrected chi connectivity index (χ3v) is 4.28.